The molecule has 0 bridgehead atoms. The van der Waals surface area contributed by atoms with Gasteiger partial charge in [-0.05, 0) is 19.2 Å². The van der Waals surface area contributed by atoms with Crippen LogP contribution in [0.4, 0.5) is 16.2 Å². The molecule has 2 rings (SSSR count). The predicted molar refractivity (Wildman–Crippen MR) is 102 cm³/mol. The Morgan fingerprint density at radius 2 is 1.84 bits per heavy atom. The Bertz CT molecular complexity index is 558. The molecule has 1 unspecified atom stereocenters. The molecule has 1 aliphatic rings. The van der Waals surface area contributed by atoms with Gasteiger partial charge in [-0.25, -0.2) is 4.79 Å². The summed E-state index contributed by atoms with van der Waals surface area (Å²) in [5, 5.41) is 13.2. The Labute approximate surface area is 150 Å². The molecule has 0 aliphatic carbocycles. The second kappa shape index (κ2) is 9.03. The molecule has 1 saturated heterocycles. The smallest absolute Gasteiger partial charge is 0.321 e. The van der Waals surface area contributed by atoms with E-state index in [2.05, 4.69) is 22.2 Å². The minimum Gasteiger partial charge on any atom is -0.390 e. The summed E-state index contributed by atoms with van der Waals surface area (Å²) < 4.78 is 0. The molecule has 2 N–H and O–H groups in total. The Morgan fingerprint density at radius 3 is 2.48 bits per heavy atom. The molecule has 7 nitrogen and oxygen atoms in total. The molecule has 140 valence electrons. The van der Waals surface area contributed by atoms with Crippen molar-refractivity contribution in [3.8, 4) is 0 Å². The van der Waals surface area contributed by atoms with Gasteiger partial charge >= 0.3 is 6.03 Å². The van der Waals surface area contributed by atoms with E-state index >= 15 is 0 Å². The first-order valence-corrected chi connectivity index (χ1v) is 8.74. The van der Waals surface area contributed by atoms with Crippen LogP contribution in [0.25, 0.3) is 0 Å². The highest BCUT2D eigenvalue weighted by Gasteiger charge is 2.20. The molecule has 0 aromatic heterocycles. The molecular formula is C18H31N5O2. The van der Waals surface area contributed by atoms with Gasteiger partial charge in [0.25, 0.3) is 0 Å². The van der Waals surface area contributed by atoms with E-state index in [9.17, 15) is 9.90 Å². The van der Waals surface area contributed by atoms with E-state index in [1.165, 1.54) is 4.90 Å². The van der Waals surface area contributed by atoms with Gasteiger partial charge in [0.05, 0.1) is 17.5 Å². The number of likely N-dealkylation sites (N-methyl/N-ethyl adjacent to an activating group) is 2. The van der Waals surface area contributed by atoms with Gasteiger partial charge in [0.15, 0.2) is 0 Å². The highest BCUT2D eigenvalue weighted by Crippen LogP contribution is 2.23. The predicted octanol–water partition coefficient (Wildman–Crippen LogP) is 0.825. The molecule has 1 heterocycles. The molecule has 0 spiro atoms. The van der Waals surface area contributed by atoms with Crippen LogP contribution < -0.4 is 10.2 Å². The third-order valence-corrected chi connectivity index (χ3v) is 4.52. The van der Waals surface area contributed by atoms with E-state index in [0.29, 0.717) is 13.1 Å². The summed E-state index contributed by atoms with van der Waals surface area (Å²) in [5.41, 5.74) is 1.71. The fourth-order valence-corrected chi connectivity index (χ4v) is 2.97. The molecule has 2 amide bonds. The van der Waals surface area contributed by atoms with Crippen molar-refractivity contribution >= 4 is 17.4 Å². The Hall–Kier alpha value is -1.83. The number of rotatable bonds is 6. The maximum absolute atomic E-state index is 12.4. The number of aliphatic hydroxyl groups excluding tert-OH is 1. The number of amides is 2. The average Bonchev–Trinajstić information content (AvgIpc) is 2.57. The number of para-hydroxylation sites is 2. The number of urea groups is 1. The molecule has 1 aromatic carbocycles. The average molecular weight is 349 g/mol. The fourth-order valence-electron chi connectivity index (χ4n) is 2.97. The number of nitrogens with zero attached hydrogens (tertiary/aromatic N) is 4. The van der Waals surface area contributed by atoms with Crippen LogP contribution in [0, 0.1) is 0 Å². The zero-order valence-corrected chi connectivity index (χ0v) is 15.8. The van der Waals surface area contributed by atoms with Crippen molar-refractivity contribution in [2.24, 2.45) is 0 Å². The lowest BCUT2D eigenvalue weighted by Gasteiger charge is -2.34. The van der Waals surface area contributed by atoms with Crippen LogP contribution in [0.2, 0.25) is 0 Å². The van der Waals surface area contributed by atoms with Crippen molar-refractivity contribution in [2.45, 2.75) is 6.10 Å². The SMILES string of the molecule is CN1CCN(CC(O)CN(C)C(=O)Nc2ccccc2N(C)C)CC1. The molecule has 1 atom stereocenters. The van der Waals surface area contributed by atoms with Gasteiger partial charge in [0, 0.05) is 60.4 Å². The normalized spacial score (nSPS) is 17.2. The van der Waals surface area contributed by atoms with Crippen molar-refractivity contribution in [1.82, 2.24) is 14.7 Å². The summed E-state index contributed by atoms with van der Waals surface area (Å²) in [5.74, 6) is 0. The molecule has 1 aromatic rings. The van der Waals surface area contributed by atoms with E-state index in [0.717, 1.165) is 37.6 Å². The number of benzene rings is 1. The first-order valence-electron chi connectivity index (χ1n) is 8.74. The van der Waals surface area contributed by atoms with Crippen molar-refractivity contribution in [3.05, 3.63) is 24.3 Å². The minimum absolute atomic E-state index is 0.216. The summed E-state index contributed by atoms with van der Waals surface area (Å²) in [7, 11) is 7.70. The molecule has 25 heavy (non-hydrogen) atoms. The van der Waals surface area contributed by atoms with Crippen molar-refractivity contribution < 1.29 is 9.90 Å². The van der Waals surface area contributed by atoms with Gasteiger partial charge in [-0.2, -0.15) is 0 Å². The second-order valence-electron chi connectivity index (χ2n) is 6.98. The summed E-state index contributed by atoms with van der Waals surface area (Å²) in [6.45, 7) is 4.86. The third kappa shape index (κ3) is 5.88. The third-order valence-electron chi connectivity index (χ3n) is 4.52. The van der Waals surface area contributed by atoms with E-state index in [1.54, 1.807) is 7.05 Å². The van der Waals surface area contributed by atoms with Crippen LogP contribution in [0.15, 0.2) is 24.3 Å². The standard InChI is InChI=1S/C18H31N5O2/c1-20(2)17-8-6-5-7-16(17)19-18(25)22(4)13-15(24)14-23-11-9-21(3)10-12-23/h5-8,15,24H,9-14H2,1-4H3,(H,19,25). The first-order chi connectivity index (χ1) is 11.9. The van der Waals surface area contributed by atoms with Gasteiger partial charge in [0.1, 0.15) is 0 Å². The zero-order valence-electron chi connectivity index (χ0n) is 15.8. The topological polar surface area (TPSA) is 62.3 Å². The van der Waals surface area contributed by atoms with Gasteiger partial charge in [0.2, 0.25) is 0 Å². The number of hydrogen-bond donors (Lipinski definition) is 2. The maximum atomic E-state index is 12.4. The number of carbonyl (C=O) groups excluding carboxylic acids is 1. The Kier molecular flexibility index (Phi) is 7.04. The highest BCUT2D eigenvalue weighted by atomic mass is 16.3. The Morgan fingerprint density at radius 1 is 1.20 bits per heavy atom. The number of β-amino-alcohol motifs (C(OH)–C–C–N with tert-alkyl or cyclic N) is 1. The van der Waals surface area contributed by atoms with Gasteiger partial charge < -0.3 is 25.1 Å². The fraction of sp³-hybridized carbons (Fsp3) is 0.611. The Balaban J connectivity index is 1.83. The quantitative estimate of drug-likeness (QED) is 0.796. The second-order valence-corrected chi connectivity index (χ2v) is 6.98. The number of carbonyl (C=O) groups is 1. The first kappa shape index (κ1) is 19.5. The number of aliphatic hydroxyl groups is 1. The van der Waals surface area contributed by atoms with E-state index in [1.807, 2.05) is 43.3 Å². The van der Waals surface area contributed by atoms with Crippen LogP contribution in [-0.4, -0.2) is 99.4 Å². The van der Waals surface area contributed by atoms with Crippen molar-refractivity contribution in [1.29, 1.82) is 0 Å². The van der Waals surface area contributed by atoms with Crippen LogP contribution in [0.5, 0.6) is 0 Å². The minimum atomic E-state index is -0.553. The van der Waals surface area contributed by atoms with Gasteiger partial charge in [-0.15, -0.1) is 0 Å². The summed E-state index contributed by atoms with van der Waals surface area (Å²) in [6, 6.07) is 7.45. The van der Waals surface area contributed by atoms with Crippen LogP contribution in [0.1, 0.15) is 0 Å². The van der Waals surface area contributed by atoms with E-state index < -0.39 is 6.10 Å². The monoisotopic (exact) mass is 349 g/mol. The van der Waals surface area contributed by atoms with Gasteiger partial charge in [-0.3, -0.25) is 4.90 Å². The number of piperazine rings is 1. The number of nitrogens with one attached hydrogen (secondary N) is 1. The molecule has 7 heteroatoms. The highest BCUT2D eigenvalue weighted by molar-refractivity contribution is 5.93. The zero-order chi connectivity index (χ0) is 18.4. The lowest BCUT2D eigenvalue weighted by Crippen LogP contribution is -2.49. The summed E-state index contributed by atoms with van der Waals surface area (Å²) in [4.78, 5) is 20.4. The molecule has 0 saturated carbocycles. The maximum Gasteiger partial charge on any atom is 0.321 e. The van der Waals surface area contributed by atoms with Gasteiger partial charge in [-0.1, -0.05) is 12.1 Å². The molecule has 1 aliphatic heterocycles. The largest absolute Gasteiger partial charge is 0.390 e. The molecule has 0 radical (unpaired) electrons. The lowest BCUT2D eigenvalue weighted by molar-refractivity contribution is 0.0670. The van der Waals surface area contributed by atoms with Crippen LogP contribution in [-0.2, 0) is 0 Å². The number of anilines is 2. The summed E-state index contributed by atoms with van der Waals surface area (Å²) >= 11 is 0. The lowest BCUT2D eigenvalue weighted by atomic mass is 10.2. The van der Waals surface area contributed by atoms with Crippen LogP contribution in [0.3, 0.4) is 0 Å². The van der Waals surface area contributed by atoms with Crippen LogP contribution >= 0.6 is 0 Å². The van der Waals surface area contributed by atoms with E-state index in [-0.39, 0.29) is 6.03 Å². The summed E-state index contributed by atoms with van der Waals surface area (Å²) in [6.07, 6.45) is -0.553. The van der Waals surface area contributed by atoms with Crippen molar-refractivity contribution in [2.75, 3.05) is 77.7 Å². The molecular weight excluding hydrogens is 318 g/mol. The number of hydrogen-bond acceptors (Lipinski definition) is 5. The van der Waals surface area contributed by atoms with Crippen molar-refractivity contribution in [3.63, 3.8) is 0 Å². The molecule has 1 fully saturated rings. The van der Waals surface area contributed by atoms with E-state index in [4.69, 9.17) is 0 Å².